The molecule has 0 fully saturated rings. The predicted octanol–water partition coefficient (Wildman–Crippen LogP) is 1.73. The van der Waals surface area contributed by atoms with Crippen LogP contribution in [0.4, 0.5) is 0 Å². The van der Waals surface area contributed by atoms with Gasteiger partial charge in [-0.05, 0) is 17.7 Å². The fourth-order valence-corrected chi connectivity index (χ4v) is 3.82. The molecule has 6 nitrogen and oxygen atoms in total. The summed E-state index contributed by atoms with van der Waals surface area (Å²) in [4.78, 5) is 0. The van der Waals surface area contributed by atoms with Crippen LogP contribution in [0.2, 0.25) is 5.02 Å². The van der Waals surface area contributed by atoms with Gasteiger partial charge in [0.25, 0.3) is 0 Å². The topological polar surface area (TPSA) is 73.2 Å². The molecule has 1 aliphatic heterocycles. The van der Waals surface area contributed by atoms with Crippen molar-refractivity contribution in [1.82, 2.24) is 14.5 Å². The number of aromatic nitrogens is 2. The highest BCUT2D eigenvalue weighted by molar-refractivity contribution is 7.88. The van der Waals surface area contributed by atoms with Crippen molar-refractivity contribution in [3.8, 4) is 0 Å². The summed E-state index contributed by atoms with van der Waals surface area (Å²) in [6.45, 7) is 2.08. The van der Waals surface area contributed by atoms with E-state index in [4.69, 9.17) is 16.3 Å². The largest absolute Gasteiger partial charge is 0.376 e. The molecule has 23 heavy (non-hydrogen) atoms. The zero-order valence-corrected chi connectivity index (χ0v) is 14.1. The smallest absolute Gasteiger partial charge is 0.215 e. The number of nitrogens with one attached hydrogen (secondary N) is 1. The standard InChI is InChI=1S/C15H18ClN3O3S/c16-14-3-1-12(2-4-14)11-23(20,21)18-6-7-19-15-5-8-22-10-13(15)9-17-19/h1-4,9,18H,5-8,10-11H2. The van der Waals surface area contributed by atoms with Gasteiger partial charge in [0, 0.05) is 29.2 Å². The molecule has 0 atom stereocenters. The number of hydrogen-bond donors (Lipinski definition) is 1. The number of rotatable bonds is 6. The zero-order chi connectivity index (χ0) is 16.3. The maximum atomic E-state index is 12.1. The molecule has 2 aromatic rings. The van der Waals surface area contributed by atoms with Gasteiger partial charge in [0.2, 0.25) is 10.0 Å². The normalized spacial score (nSPS) is 14.7. The maximum Gasteiger partial charge on any atom is 0.215 e. The number of fused-ring (bicyclic) bond motifs is 1. The van der Waals surface area contributed by atoms with Gasteiger partial charge in [0.05, 0.1) is 31.7 Å². The van der Waals surface area contributed by atoms with Gasteiger partial charge < -0.3 is 4.74 Å². The van der Waals surface area contributed by atoms with Gasteiger partial charge in [-0.25, -0.2) is 13.1 Å². The molecular weight excluding hydrogens is 338 g/mol. The second-order valence-corrected chi connectivity index (χ2v) is 7.67. The molecule has 0 saturated heterocycles. The van der Waals surface area contributed by atoms with Gasteiger partial charge in [-0.2, -0.15) is 5.10 Å². The molecule has 0 spiro atoms. The summed E-state index contributed by atoms with van der Waals surface area (Å²) in [6.07, 6.45) is 2.60. The molecule has 124 valence electrons. The first-order valence-electron chi connectivity index (χ1n) is 7.36. The summed E-state index contributed by atoms with van der Waals surface area (Å²) in [5.41, 5.74) is 2.92. The molecule has 0 bridgehead atoms. The number of nitrogens with zero attached hydrogens (tertiary/aromatic N) is 2. The first-order valence-corrected chi connectivity index (χ1v) is 9.39. The Morgan fingerprint density at radius 1 is 1.30 bits per heavy atom. The van der Waals surface area contributed by atoms with Crippen molar-refractivity contribution in [2.75, 3.05) is 13.2 Å². The lowest BCUT2D eigenvalue weighted by molar-refractivity contribution is 0.109. The number of sulfonamides is 1. The summed E-state index contributed by atoms with van der Waals surface area (Å²) in [5, 5.41) is 4.89. The maximum absolute atomic E-state index is 12.1. The summed E-state index contributed by atoms with van der Waals surface area (Å²) in [7, 11) is -3.38. The summed E-state index contributed by atoms with van der Waals surface area (Å²) >= 11 is 5.80. The number of benzene rings is 1. The second kappa shape index (κ2) is 7.00. The molecule has 0 saturated carbocycles. The third-order valence-corrected chi connectivity index (χ3v) is 5.30. The van der Waals surface area contributed by atoms with Crippen LogP contribution in [0.5, 0.6) is 0 Å². The van der Waals surface area contributed by atoms with Gasteiger partial charge in [0.1, 0.15) is 0 Å². The molecular formula is C15H18ClN3O3S. The van der Waals surface area contributed by atoms with Crippen LogP contribution >= 0.6 is 11.6 Å². The Morgan fingerprint density at radius 3 is 2.87 bits per heavy atom. The van der Waals surface area contributed by atoms with E-state index >= 15 is 0 Å². The first-order chi connectivity index (χ1) is 11.0. The highest BCUT2D eigenvalue weighted by atomic mass is 35.5. The van der Waals surface area contributed by atoms with E-state index in [1.807, 2.05) is 4.68 Å². The van der Waals surface area contributed by atoms with Gasteiger partial charge >= 0.3 is 0 Å². The Hall–Kier alpha value is -1.41. The Labute approximate surface area is 140 Å². The van der Waals surface area contributed by atoms with Gasteiger partial charge in [-0.3, -0.25) is 4.68 Å². The van der Waals surface area contributed by atoms with Gasteiger partial charge in [-0.1, -0.05) is 23.7 Å². The molecule has 1 N–H and O–H groups in total. The SMILES string of the molecule is O=S(=O)(Cc1ccc(Cl)cc1)NCCn1ncc2c1CCOC2. The van der Waals surface area contributed by atoms with Crippen LogP contribution in [0.1, 0.15) is 16.8 Å². The van der Waals surface area contributed by atoms with E-state index in [1.54, 1.807) is 30.5 Å². The Balaban J connectivity index is 1.55. The molecule has 0 aliphatic carbocycles. The minimum atomic E-state index is -3.38. The quantitative estimate of drug-likeness (QED) is 0.856. The molecule has 0 unspecified atom stereocenters. The highest BCUT2D eigenvalue weighted by Crippen LogP contribution is 2.16. The van der Waals surface area contributed by atoms with Crippen molar-refractivity contribution < 1.29 is 13.2 Å². The van der Waals surface area contributed by atoms with Crippen LogP contribution in [0.25, 0.3) is 0 Å². The molecule has 0 radical (unpaired) electrons. The molecule has 1 aromatic heterocycles. The van der Waals surface area contributed by atoms with Crippen LogP contribution in [0, 0.1) is 0 Å². The molecule has 1 aromatic carbocycles. The summed E-state index contributed by atoms with van der Waals surface area (Å²) in [6, 6.07) is 6.80. The Kier molecular flexibility index (Phi) is 5.01. The lowest BCUT2D eigenvalue weighted by Gasteiger charge is -2.15. The summed E-state index contributed by atoms with van der Waals surface area (Å²) < 4.78 is 34.0. The number of ether oxygens (including phenoxy) is 1. The fraction of sp³-hybridized carbons (Fsp3) is 0.400. The molecule has 1 aliphatic rings. The minimum absolute atomic E-state index is 0.0603. The van der Waals surface area contributed by atoms with Gasteiger partial charge in [0.15, 0.2) is 0 Å². The van der Waals surface area contributed by atoms with Crippen molar-refractivity contribution >= 4 is 21.6 Å². The first kappa shape index (κ1) is 16.4. The van der Waals surface area contributed by atoms with Crippen molar-refractivity contribution in [3.63, 3.8) is 0 Å². The van der Waals surface area contributed by atoms with E-state index in [2.05, 4.69) is 9.82 Å². The van der Waals surface area contributed by atoms with E-state index in [0.29, 0.717) is 36.9 Å². The van der Waals surface area contributed by atoms with Crippen LogP contribution in [0.15, 0.2) is 30.5 Å². The van der Waals surface area contributed by atoms with E-state index < -0.39 is 10.0 Å². The Bertz CT molecular complexity index is 772. The monoisotopic (exact) mass is 355 g/mol. The molecule has 2 heterocycles. The zero-order valence-electron chi connectivity index (χ0n) is 12.5. The number of hydrogen-bond acceptors (Lipinski definition) is 4. The third kappa shape index (κ3) is 4.32. The minimum Gasteiger partial charge on any atom is -0.376 e. The summed E-state index contributed by atoms with van der Waals surface area (Å²) in [5.74, 6) is -0.0603. The van der Waals surface area contributed by atoms with Crippen LogP contribution < -0.4 is 4.72 Å². The van der Waals surface area contributed by atoms with E-state index in [0.717, 1.165) is 17.7 Å². The average Bonchev–Trinajstić information content (AvgIpc) is 2.93. The average molecular weight is 356 g/mol. The second-order valence-electron chi connectivity index (χ2n) is 5.42. The van der Waals surface area contributed by atoms with Crippen LogP contribution in [0.3, 0.4) is 0 Å². The van der Waals surface area contributed by atoms with Crippen molar-refractivity contribution in [3.05, 3.63) is 52.3 Å². The molecule has 8 heteroatoms. The highest BCUT2D eigenvalue weighted by Gasteiger charge is 2.16. The van der Waals surface area contributed by atoms with Crippen molar-refractivity contribution in [2.45, 2.75) is 25.3 Å². The third-order valence-electron chi connectivity index (χ3n) is 3.69. The van der Waals surface area contributed by atoms with Gasteiger partial charge in [-0.15, -0.1) is 0 Å². The van der Waals surface area contributed by atoms with E-state index in [1.165, 1.54) is 0 Å². The number of halogens is 1. The van der Waals surface area contributed by atoms with E-state index in [-0.39, 0.29) is 5.75 Å². The Morgan fingerprint density at radius 2 is 2.09 bits per heavy atom. The molecule has 0 amide bonds. The fourth-order valence-electron chi connectivity index (χ4n) is 2.56. The lowest BCUT2D eigenvalue weighted by Crippen LogP contribution is -2.29. The molecule has 3 rings (SSSR count). The van der Waals surface area contributed by atoms with E-state index in [9.17, 15) is 8.42 Å². The van der Waals surface area contributed by atoms with Crippen molar-refractivity contribution in [1.29, 1.82) is 0 Å². The van der Waals surface area contributed by atoms with Crippen molar-refractivity contribution in [2.24, 2.45) is 0 Å². The lowest BCUT2D eigenvalue weighted by atomic mass is 10.2. The predicted molar refractivity (Wildman–Crippen MR) is 87.7 cm³/mol. The van der Waals surface area contributed by atoms with Crippen LogP contribution in [-0.4, -0.2) is 31.3 Å². The van der Waals surface area contributed by atoms with Crippen LogP contribution in [-0.2, 0) is 40.1 Å².